The maximum Gasteiger partial charge on any atom is 0.251 e. The Morgan fingerprint density at radius 3 is 2.71 bits per heavy atom. The highest BCUT2D eigenvalue weighted by molar-refractivity contribution is 6.17. The van der Waals surface area contributed by atoms with E-state index in [1.165, 1.54) is 0 Å². The van der Waals surface area contributed by atoms with E-state index in [1.807, 2.05) is 38.1 Å². The van der Waals surface area contributed by atoms with Crippen LogP contribution in [-0.4, -0.2) is 11.4 Å². The van der Waals surface area contributed by atoms with Crippen LogP contribution >= 0.6 is 11.6 Å². The molecule has 94 valence electrons. The van der Waals surface area contributed by atoms with Crippen molar-refractivity contribution in [3.05, 3.63) is 35.4 Å². The van der Waals surface area contributed by atoms with Gasteiger partial charge in [-0.2, -0.15) is 0 Å². The minimum absolute atomic E-state index is 0.0320. The molecule has 2 nitrogen and oxygen atoms in total. The van der Waals surface area contributed by atoms with Crippen LogP contribution in [0.1, 0.15) is 49.5 Å². The van der Waals surface area contributed by atoms with E-state index in [1.54, 1.807) is 0 Å². The first kappa shape index (κ1) is 14.0. The van der Waals surface area contributed by atoms with Gasteiger partial charge in [0.1, 0.15) is 0 Å². The van der Waals surface area contributed by atoms with Crippen LogP contribution in [0, 0.1) is 0 Å². The third kappa shape index (κ3) is 4.39. The van der Waals surface area contributed by atoms with Crippen molar-refractivity contribution >= 4 is 17.5 Å². The predicted molar refractivity (Wildman–Crippen MR) is 72.5 cm³/mol. The molecule has 1 amide bonds. The third-order valence-corrected chi connectivity index (χ3v) is 2.98. The van der Waals surface area contributed by atoms with Crippen molar-refractivity contribution in [1.29, 1.82) is 0 Å². The molecule has 1 rings (SSSR count). The van der Waals surface area contributed by atoms with Gasteiger partial charge in [-0.1, -0.05) is 25.5 Å². The van der Waals surface area contributed by atoms with Crippen LogP contribution in [0.4, 0.5) is 0 Å². The molecule has 0 saturated heterocycles. The number of halogens is 1. The Bertz CT molecular complexity index is 388. The average molecular weight is 254 g/mol. The van der Waals surface area contributed by atoms with Crippen LogP contribution in [0.25, 0.3) is 0 Å². The van der Waals surface area contributed by atoms with Crippen LogP contribution in [0.15, 0.2) is 24.3 Å². The van der Waals surface area contributed by atoms with Gasteiger partial charge in [-0.3, -0.25) is 4.79 Å². The molecule has 0 spiro atoms. The number of amides is 1. The summed E-state index contributed by atoms with van der Waals surface area (Å²) in [6.45, 7) is 6.20. The summed E-state index contributed by atoms with van der Waals surface area (Å²) in [7, 11) is 0. The number of rotatable bonds is 5. The highest BCUT2D eigenvalue weighted by atomic mass is 35.5. The number of hydrogen-bond acceptors (Lipinski definition) is 1. The molecule has 17 heavy (non-hydrogen) atoms. The van der Waals surface area contributed by atoms with Gasteiger partial charge in [0.25, 0.3) is 5.91 Å². The maximum absolute atomic E-state index is 12.0. The van der Waals surface area contributed by atoms with Gasteiger partial charge in [0.05, 0.1) is 0 Å². The highest BCUT2D eigenvalue weighted by Gasteiger charge is 2.19. The number of carbonyl (C=O) groups excluding carboxylic acids is 1. The van der Waals surface area contributed by atoms with Gasteiger partial charge >= 0.3 is 0 Å². The second-order valence-corrected chi connectivity index (χ2v) is 5.19. The second kappa shape index (κ2) is 6.06. The first-order valence-corrected chi connectivity index (χ1v) is 6.49. The third-order valence-electron chi connectivity index (χ3n) is 2.67. The van der Waals surface area contributed by atoms with Crippen LogP contribution in [0.3, 0.4) is 0 Å². The molecular formula is C14H20ClNO. The van der Waals surface area contributed by atoms with E-state index in [9.17, 15) is 4.79 Å². The number of hydrogen-bond donors (Lipinski definition) is 1. The lowest BCUT2D eigenvalue weighted by Crippen LogP contribution is -2.43. The van der Waals surface area contributed by atoms with Gasteiger partial charge in [0, 0.05) is 17.0 Å². The van der Waals surface area contributed by atoms with E-state index in [0.29, 0.717) is 11.4 Å². The molecule has 0 heterocycles. The van der Waals surface area contributed by atoms with Gasteiger partial charge in [-0.05, 0) is 38.0 Å². The van der Waals surface area contributed by atoms with Crippen LogP contribution in [0.5, 0.6) is 0 Å². The molecule has 0 aromatic heterocycles. The SMILES string of the molecule is CCCC(C)(C)NC(=O)c1cccc(CCl)c1. The fourth-order valence-electron chi connectivity index (χ4n) is 1.86. The van der Waals surface area contributed by atoms with Crippen LogP contribution in [0.2, 0.25) is 0 Å². The average Bonchev–Trinajstić information content (AvgIpc) is 2.28. The topological polar surface area (TPSA) is 29.1 Å². The summed E-state index contributed by atoms with van der Waals surface area (Å²) in [5.41, 5.74) is 1.47. The molecule has 0 fully saturated rings. The zero-order valence-electron chi connectivity index (χ0n) is 10.7. The lowest BCUT2D eigenvalue weighted by molar-refractivity contribution is 0.0909. The monoisotopic (exact) mass is 253 g/mol. The Hall–Kier alpha value is -1.02. The molecule has 1 aromatic carbocycles. The first-order valence-electron chi connectivity index (χ1n) is 5.96. The second-order valence-electron chi connectivity index (χ2n) is 4.92. The smallest absolute Gasteiger partial charge is 0.251 e. The zero-order valence-corrected chi connectivity index (χ0v) is 11.5. The quantitative estimate of drug-likeness (QED) is 0.796. The minimum atomic E-state index is -0.164. The zero-order chi connectivity index (χ0) is 12.9. The number of benzene rings is 1. The lowest BCUT2D eigenvalue weighted by atomic mass is 9.98. The summed E-state index contributed by atoms with van der Waals surface area (Å²) >= 11 is 5.75. The van der Waals surface area contributed by atoms with Gasteiger partial charge < -0.3 is 5.32 Å². The van der Waals surface area contributed by atoms with E-state index in [2.05, 4.69) is 12.2 Å². The molecule has 0 atom stereocenters. The summed E-state index contributed by atoms with van der Waals surface area (Å²) in [6.07, 6.45) is 2.02. The standard InChI is InChI=1S/C14H20ClNO/c1-4-8-14(2,3)16-13(17)12-7-5-6-11(9-12)10-15/h5-7,9H,4,8,10H2,1-3H3,(H,16,17). The normalized spacial score (nSPS) is 11.3. The molecule has 0 aliphatic heterocycles. The Morgan fingerprint density at radius 2 is 2.12 bits per heavy atom. The molecule has 0 unspecified atom stereocenters. The number of carbonyl (C=O) groups is 1. The molecule has 0 saturated carbocycles. The number of alkyl halides is 1. The van der Waals surface area contributed by atoms with Gasteiger partial charge in [-0.15, -0.1) is 11.6 Å². The largest absolute Gasteiger partial charge is 0.347 e. The summed E-state index contributed by atoms with van der Waals surface area (Å²) in [4.78, 5) is 12.0. The molecule has 3 heteroatoms. The summed E-state index contributed by atoms with van der Waals surface area (Å²) in [6, 6.07) is 7.43. The van der Waals surface area contributed by atoms with Crippen molar-refractivity contribution in [3.63, 3.8) is 0 Å². The molecule has 1 N–H and O–H groups in total. The lowest BCUT2D eigenvalue weighted by Gasteiger charge is -2.25. The first-order chi connectivity index (χ1) is 7.98. The molecule has 1 aromatic rings. The molecular weight excluding hydrogens is 234 g/mol. The van der Waals surface area contributed by atoms with E-state index in [0.717, 1.165) is 18.4 Å². The van der Waals surface area contributed by atoms with E-state index < -0.39 is 0 Å². The molecule has 0 bridgehead atoms. The van der Waals surface area contributed by atoms with Crippen molar-refractivity contribution in [3.8, 4) is 0 Å². The van der Waals surface area contributed by atoms with Crippen LogP contribution in [-0.2, 0) is 5.88 Å². The van der Waals surface area contributed by atoms with Crippen molar-refractivity contribution in [2.24, 2.45) is 0 Å². The molecule has 0 radical (unpaired) electrons. The Balaban J connectivity index is 2.75. The van der Waals surface area contributed by atoms with E-state index >= 15 is 0 Å². The predicted octanol–water partition coefficient (Wildman–Crippen LogP) is 3.73. The van der Waals surface area contributed by atoms with Gasteiger partial charge in [0.2, 0.25) is 0 Å². The minimum Gasteiger partial charge on any atom is -0.347 e. The number of nitrogens with one attached hydrogen (secondary N) is 1. The van der Waals surface area contributed by atoms with E-state index in [-0.39, 0.29) is 11.4 Å². The fourth-order valence-corrected chi connectivity index (χ4v) is 2.03. The summed E-state index contributed by atoms with van der Waals surface area (Å²) < 4.78 is 0. The summed E-state index contributed by atoms with van der Waals surface area (Å²) in [5.74, 6) is 0.398. The van der Waals surface area contributed by atoms with Crippen molar-refractivity contribution < 1.29 is 4.79 Å². The van der Waals surface area contributed by atoms with Crippen molar-refractivity contribution in [1.82, 2.24) is 5.32 Å². The maximum atomic E-state index is 12.0. The summed E-state index contributed by atoms with van der Waals surface area (Å²) in [5, 5.41) is 3.04. The van der Waals surface area contributed by atoms with E-state index in [4.69, 9.17) is 11.6 Å². The van der Waals surface area contributed by atoms with Gasteiger partial charge in [-0.25, -0.2) is 0 Å². The fraction of sp³-hybridized carbons (Fsp3) is 0.500. The highest BCUT2D eigenvalue weighted by Crippen LogP contribution is 2.13. The van der Waals surface area contributed by atoms with Gasteiger partial charge in [0.15, 0.2) is 0 Å². The van der Waals surface area contributed by atoms with Crippen molar-refractivity contribution in [2.75, 3.05) is 0 Å². The Morgan fingerprint density at radius 1 is 1.41 bits per heavy atom. The van der Waals surface area contributed by atoms with Crippen LogP contribution < -0.4 is 5.32 Å². The Labute approximate surface area is 108 Å². The molecule has 0 aliphatic carbocycles. The van der Waals surface area contributed by atoms with Crippen molar-refractivity contribution in [2.45, 2.75) is 45.0 Å². The molecule has 0 aliphatic rings. The Kier molecular flexibility index (Phi) is 5.01.